The topological polar surface area (TPSA) is 72.5 Å². The number of benzene rings is 1. The summed E-state index contributed by atoms with van der Waals surface area (Å²) in [6.45, 7) is 1.74. The van der Waals surface area contributed by atoms with Gasteiger partial charge in [-0.3, -0.25) is 4.79 Å². The fourth-order valence-electron chi connectivity index (χ4n) is 1.39. The average Bonchev–Trinajstić information content (AvgIpc) is 2.44. The first-order valence-corrected chi connectivity index (χ1v) is 8.12. The number of sulfonamides is 1. The van der Waals surface area contributed by atoms with Crippen LogP contribution in [-0.2, 0) is 19.6 Å². The van der Waals surface area contributed by atoms with Crippen LogP contribution >= 0.6 is 11.8 Å². The molecule has 106 valence electrons. The Balaban J connectivity index is 2.88. The van der Waals surface area contributed by atoms with Gasteiger partial charge in [-0.1, -0.05) is 19.1 Å². The van der Waals surface area contributed by atoms with Gasteiger partial charge < -0.3 is 4.74 Å². The molecule has 5 nitrogen and oxygen atoms in total. The van der Waals surface area contributed by atoms with Gasteiger partial charge in [0.25, 0.3) is 0 Å². The quantitative estimate of drug-likeness (QED) is 0.637. The lowest BCUT2D eigenvalue weighted by molar-refractivity contribution is -0.143. The summed E-state index contributed by atoms with van der Waals surface area (Å²) in [7, 11) is -0.784. The Hall–Kier alpha value is -1.05. The summed E-state index contributed by atoms with van der Waals surface area (Å²) in [6.07, 6.45) is 0. The van der Waals surface area contributed by atoms with Crippen molar-refractivity contribution < 1.29 is 17.9 Å². The maximum atomic E-state index is 11.8. The minimum Gasteiger partial charge on any atom is -0.469 e. The second kappa shape index (κ2) is 6.93. The van der Waals surface area contributed by atoms with Crippen molar-refractivity contribution in [3.63, 3.8) is 0 Å². The molecule has 1 N–H and O–H groups in total. The Morgan fingerprint density at radius 1 is 1.42 bits per heavy atom. The van der Waals surface area contributed by atoms with E-state index in [1.807, 2.05) is 0 Å². The highest BCUT2D eigenvalue weighted by Crippen LogP contribution is 2.27. The molecule has 0 amide bonds. The molecular formula is C12H17NO4S2. The van der Waals surface area contributed by atoms with Gasteiger partial charge in [-0.2, -0.15) is 0 Å². The van der Waals surface area contributed by atoms with Crippen LogP contribution in [0.15, 0.2) is 34.1 Å². The summed E-state index contributed by atoms with van der Waals surface area (Å²) in [5, 5.41) is 0. The van der Waals surface area contributed by atoms with Crippen LogP contribution in [-0.4, -0.2) is 34.3 Å². The zero-order valence-corrected chi connectivity index (χ0v) is 12.7. The highest BCUT2D eigenvalue weighted by Gasteiger charge is 2.19. The molecule has 7 heteroatoms. The molecule has 1 rings (SSSR count). The normalized spacial score (nSPS) is 13.0. The minimum absolute atomic E-state index is 0.222. The second-order valence-corrected chi connectivity index (χ2v) is 6.81. The molecule has 0 fully saturated rings. The van der Waals surface area contributed by atoms with E-state index in [0.717, 1.165) is 0 Å². The Bertz CT molecular complexity index is 542. The number of hydrogen-bond donors (Lipinski definition) is 1. The number of ether oxygens (including phenoxy) is 1. The number of thioether (sulfide) groups is 1. The molecule has 0 radical (unpaired) electrons. The predicted octanol–water partition coefficient (Wildman–Crippen LogP) is 1.50. The van der Waals surface area contributed by atoms with Crippen molar-refractivity contribution in [2.75, 3.05) is 19.9 Å². The van der Waals surface area contributed by atoms with Crippen LogP contribution in [0.2, 0.25) is 0 Å². The summed E-state index contributed by atoms with van der Waals surface area (Å²) in [4.78, 5) is 12.1. The molecular weight excluding hydrogens is 286 g/mol. The molecule has 0 saturated heterocycles. The van der Waals surface area contributed by atoms with E-state index in [1.54, 1.807) is 25.1 Å². The molecule has 0 aliphatic carbocycles. The number of methoxy groups -OCH3 is 1. The van der Waals surface area contributed by atoms with Crippen LogP contribution in [0.5, 0.6) is 0 Å². The lowest BCUT2D eigenvalue weighted by Gasteiger charge is -2.11. The summed E-state index contributed by atoms with van der Waals surface area (Å²) in [6, 6.07) is 6.69. The summed E-state index contributed by atoms with van der Waals surface area (Å²) in [5.74, 6) is -0.134. The lowest BCUT2D eigenvalue weighted by Crippen LogP contribution is -2.19. The van der Waals surface area contributed by atoms with E-state index in [1.165, 1.54) is 32.0 Å². The van der Waals surface area contributed by atoms with E-state index in [9.17, 15) is 13.2 Å². The Morgan fingerprint density at radius 3 is 2.63 bits per heavy atom. The van der Waals surface area contributed by atoms with Gasteiger partial charge in [0.05, 0.1) is 17.9 Å². The minimum atomic E-state index is -3.49. The van der Waals surface area contributed by atoms with Crippen molar-refractivity contribution in [3.8, 4) is 0 Å². The zero-order chi connectivity index (χ0) is 14.5. The molecule has 0 saturated carbocycles. The number of carbonyl (C=O) groups excluding carboxylic acids is 1. The fraction of sp³-hybridized carbons (Fsp3) is 0.417. The SMILES string of the molecule is CNS(=O)(=O)c1ccccc1SCC(C)C(=O)OC. The van der Waals surface area contributed by atoms with Crippen molar-refractivity contribution >= 4 is 27.8 Å². The molecule has 0 aliphatic rings. The smallest absolute Gasteiger partial charge is 0.309 e. The first kappa shape index (κ1) is 16.0. The lowest BCUT2D eigenvalue weighted by atomic mass is 10.2. The molecule has 1 atom stereocenters. The van der Waals surface area contributed by atoms with E-state index in [4.69, 9.17) is 0 Å². The molecule has 0 bridgehead atoms. The van der Waals surface area contributed by atoms with Crippen LogP contribution < -0.4 is 4.72 Å². The van der Waals surface area contributed by atoms with Crippen LogP contribution in [0, 0.1) is 5.92 Å². The average molecular weight is 303 g/mol. The summed E-state index contributed by atoms with van der Waals surface area (Å²) in [5.41, 5.74) is 0. The van der Waals surface area contributed by atoms with E-state index < -0.39 is 10.0 Å². The molecule has 1 unspecified atom stereocenters. The molecule has 0 heterocycles. The van der Waals surface area contributed by atoms with Crippen LogP contribution in [0.25, 0.3) is 0 Å². The number of rotatable bonds is 6. The molecule has 0 spiro atoms. The van der Waals surface area contributed by atoms with Crippen molar-refractivity contribution in [2.45, 2.75) is 16.7 Å². The van der Waals surface area contributed by atoms with E-state index in [0.29, 0.717) is 10.6 Å². The second-order valence-electron chi connectivity index (χ2n) is 3.89. The first-order chi connectivity index (χ1) is 8.92. The standard InChI is InChI=1S/C12H17NO4S2/c1-9(12(14)17-3)8-18-10-6-4-5-7-11(10)19(15,16)13-2/h4-7,9,13H,8H2,1-3H3. The van der Waals surface area contributed by atoms with Gasteiger partial charge in [0.1, 0.15) is 0 Å². The van der Waals surface area contributed by atoms with Gasteiger partial charge >= 0.3 is 5.97 Å². The number of hydrogen-bond acceptors (Lipinski definition) is 5. The number of esters is 1. The van der Waals surface area contributed by atoms with Gasteiger partial charge in [0.2, 0.25) is 10.0 Å². The fourth-order valence-corrected chi connectivity index (χ4v) is 3.65. The Kier molecular flexibility index (Phi) is 5.84. The molecule has 1 aromatic rings. The highest BCUT2D eigenvalue weighted by atomic mass is 32.2. The van der Waals surface area contributed by atoms with Crippen molar-refractivity contribution in [1.82, 2.24) is 4.72 Å². The highest BCUT2D eigenvalue weighted by molar-refractivity contribution is 8.00. The Labute approximate surface area is 117 Å². The summed E-state index contributed by atoms with van der Waals surface area (Å²) >= 11 is 1.32. The van der Waals surface area contributed by atoms with Gasteiger partial charge in [-0.05, 0) is 19.2 Å². The summed E-state index contributed by atoms with van der Waals surface area (Å²) < 4.78 is 30.6. The third-order valence-corrected chi connectivity index (χ3v) is 5.44. The van der Waals surface area contributed by atoms with Crippen molar-refractivity contribution in [3.05, 3.63) is 24.3 Å². The number of nitrogens with one attached hydrogen (secondary N) is 1. The van der Waals surface area contributed by atoms with Crippen LogP contribution in [0.3, 0.4) is 0 Å². The van der Waals surface area contributed by atoms with Gasteiger partial charge in [-0.15, -0.1) is 11.8 Å². The predicted molar refractivity (Wildman–Crippen MR) is 74.6 cm³/mol. The van der Waals surface area contributed by atoms with Crippen LogP contribution in [0.1, 0.15) is 6.92 Å². The maximum absolute atomic E-state index is 11.8. The Morgan fingerprint density at radius 2 is 2.05 bits per heavy atom. The van der Waals surface area contributed by atoms with E-state index in [-0.39, 0.29) is 16.8 Å². The third-order valence-electron chi connectivity index (χ3n) is 2.50. The zero-order valence-electron chi connectivity index (χ0n) is 11.0. The molecule has 0 aliphatic heterocycles. The molecule has 19 heavy (non-hydrogen) atoms. The van der Waals surface area contributed by atoms with E-state index >= 15 is 0 Å². The van der Waals surface area contributed by atoms with Crippen molar-refractivity contribution in [2.24, 2.45) is 5.92 Å². The number of carbonyl (C=O) groups is 1. The monoisotopic (exact) mass is 303 g/mol. The third kappa shape index (κ3) is 4.22. The van der Waals surface area contributed by atoms with Gasteiger partial charge in [0.15, 0.2) is 0 Å². The van der Waals surface area contributed by atoms with Crippen LogP contribution in [0.4, 0.5) is 0 Å². The largest absolute Gasteiger partial charge is 0.469 e. The van der Waals surface area contributed by atoms with E-state index in [2.05, 4.69) is 9.46 Å². The first-order valence-electron chi connectivity index (χ1n) is 5.65. The van der Waals surface area contributed by atoms with Crippen molar-refractivity contribution in [1.29, 1.82) is 0 Å². The van der Waals surface area contributed by atoms with Gasteiger partial charge in [0, 0.05) is 10.6 Å². The molecule has 1 aromatic carbocycles. The molecule has 0 aromatic heterocycles. The van der Waals surface area contributed by atoms with Gasteiger partial charge in [-0.25, -0.2) is 13.1 Å². The maximum Gasteiger partial charge on any atom is 0.309 e.